The van der Waals surface area contributed by atoms with Crippen molar-refractivity contribution in [3.05, 3.63) is 53.0 Å². The summed E-state index contributed by atoms with van der Waals surface area (Å²) in [6.07, 6.45) is 5.08. The molecule has 0 unspecified atom stereocenters. The van der Waals surface area contributed by atoms with E-state index in [2.05, 4.69) is 26.5 Å². The van der Waals surface area contributed by atoms with Crippen LogP contribution in [0.25, 0.3) is 0 Å². The van der Waals surface area contributed by atoms with Crippen LogP contribution in [0.3, 0.4) is 0 Å². The number of hydrogen-bond acceptors (Lipinski definition) is 6. The predicted molar refractivity (Wildman–Crippen MR) is 121 cm³/mol. The van der Waals surface area contributed by atoms with E-state index in [4.69, 9.17) is 4.42 Å². The first-order valence-electron chi connectivity index (χ1n) is 10.7. The van der Waals surface area contributed by atoms with Gasteiger partial charge in [-0.2, -0.15) is 5.10 Å². The van der Waals surface area contributed by atoms with Gasteiger partial charge < -0.3 is 20.4 Å². The van der Waals surface area contributed by atoms with E-state index in [1.807, 2.05) is 19.9 Å². The zero-order valence-corrected chi connectivity index (χ0v) is 18.6. The molecular formula is C23H27N5O5. The fourth-order valence-electron chi connectivity index (χ4n) is 3.34. The quantitative estimate of drug-likeness (QED) is 0.299. The van der Waals surface area contributed by atoms with Crippen molar-refractivity contribution < 1.29 is 23.6 Å². The normalized spacial score (nSPS) is 13.6. The van der Waals surface area contributed by atoms with Crippen molar-refractivity contribution in [2.45, 2.75) is 52.1 Å². The molecule has 1 aliphatic carbocycles. The van der Waals surface area contributed by atoms with Crippen LogP contribution in [0.5, 0.6) is 0 Å². The number of anilines is 1. The van der Waals surface area contributed by atoms with Crippen LogP contribution in [0, 0.1) is 13.8 Å². The highest BCUT2D eigenvalue weighted by Gasteiger charge is 2.21. The van der Waals surface area contributed by atoms with E-state index < -0.39 is 23.6 Å². The number of nitrogens with zero attached hydrogens (tertiary/aromatic N) is 1. The van der Waals surface area contributed by atoms with E-state index in [-0.39, 0.29) is 12.6 Å². The molecule has 1 heterocycles. The molecule has 10 nitrogen and oxygen atoms in total. The Kier molecular flexibility index (Phi) is 7.96. The lowest BCUT2D eigenvalue weighted by molar-refractivity contribution is -0.139. The number of hydrogen-bond donors (Lipinski definition) is 4. The minimum Gasteiger partial charge on any atom is -0.458 e. The van der Waals surface area contributed by atoms with Gasteiger partial charge in [-0.1, -0.05) is 18.9 Å². The van der Waals surface area contributed by atoms with Crippen molar-refractivity contribution >= 4 is 35.5 Å². The van der Waals surface area contributed by atoms with Gasteiger partial charge in [-0.25, -0.2) is 5.43 Å². The number of furan rings is 1. The fourth-order valence-corrected chi connectivity index (χ4v) is 3.34. The summed E-state index contributed by atoms with van der Waals surface area (Å²) in [7, 11) is 0. The Morgan fingerprint density at radius 1 is 0.970 bits per heavy atom. The van der Waals surface area contributed by atoms with Crippen LogP contribution >= 0.6 is 0 Å². The molecule has 1 fully saturated rings. The van der Waals surface area contributed by atoms with Gasteiger partial charge in [0.25, 0.3) is 0 Å². The van der Waals surface area contributed by atoms with Gasteiger partial charge in [0.2, 0.25) is 0 Å². The van der Waals surface area contributed by atoms with E-state index in [1.54, 1.807) is 24.3 Å². The van der Waals surface area contributed by atoms with Gasteiger partial charge in [-0.05, 0) is 62.1 Å². The number of aryl methyl sites for hydroxylation is 2. The second-order valence-electron chi connectivity index (χ2n) is 7.89. The molecule has 33 heavy (non-hydrogen) atoms. The van der Waals surface area contributed by atoms with Crippen LogP contribution in [-0.4, -0.2) is 35.9 Å². The highest BCUT2D eigenvalue weighted by Crippen LogP contribution is 2.17. The molecule has 0 aliphatic heterocycles. The molecule has 1 aromatic heterocycles. The van der Waals surface area contributed by atoms with Gasteiger partial charge in [-0.15, -0.1) is 0 Å². The minimum absolute atomic E-state index is 0.0107. The number of amides is 4. The molecule has 3 rings (SSSR count). The summed E-state index contributed by atoms with van der Waals surface area (Å²) < 4.78 is 5.46. The van der Waals surface area contributed by atoms with Crippen molar-refractivity contribution in [1.82, 2.24) is 16.1 Å². The van der Waals surface area contributed by atoms with Gasteiger partial charge in [-0.3, -0.25) is 19.2 Å². The van der Waals surface area contributed by atoms with Gasteiger partial charge in [0.05, 0.1) is 12.8 Å². The molecule has 0 bridgehead atoms. The van der Waals surface area contributed by atoms with E-state index in [9.17, 15) is 19.2 Å². The van der Waals surface area contributed by atoms with Crippen LogP contribution in [0.15, 0.2) is 39.9 Å². The lowest BCUT2D eigenvalue weighted by atomic mass is 10.1. The summed E-state index contributed by atoms with van der Waals surface area (Å²) in [4.78, 5) is 47.7. The van der Waals surface area contributed by atoms with Crippen LogP contribution in [0.1, 0.15) is 48.3 Å². The molecule has 0 spiro atoms. The van der Waals surface area contributed by atoms with Crippen molar-refractivity contribution in [1.29, 1.82) is 0 Å². The Balaban J connectivity index is 1.41. The molecular weight excluding hydrogens is 426 g/mol. The highest BCUT2D eigenvalue weighted by molar-refractivity contribution is 6.39. The third-order valence-electron chi connectivity index (χ3n) is 5.33. The standard InChI is InChI=1S/C23H27N5O5/c1-14-7-8-17(11-15(14)2)27-21(30)20(29)24-12-18-9-10-19(33-18)13-25-28-23(32)22(31)26-16-5-3-4-6-16/h7-11,13,16H,3-6,12H2,1-2H3,(H,24,29)(H,26,31)(H,27,30)(H,28,32)/b25-13+. The first kappa shape index (κ1) is 23.7. The lowest BCUT2D eigenvalue weighted by Crippen LogP contribution is -2.42. The summed E-state index contributed by atoms with van der Waals surface area (Å²) in [6.45, 7) is 3.86. The topological polar surface area (TPSA) is 142 Å². The second kappa shape index (κ2) is 11.1. The summed E-state index contributed by atoms with van der Waals surface area (Å²) in [6, 6.07) is 8.58. The van der Waals surface area contributed by atoms with Gasteiger partial charge in [0, 0.05) is 11.7 Å². The lowest BCUT2D eigenvalue weighted by Gasteiger charge is -2.09. The first-order chi connectivity index (χ1) is 15.8. The molecule has 1 aromatic carbocycles. The Labute approximate surface area is 191 Å². The average Bonchev–Trinajstić information content (AvgIpc) is 3.46. The Morgan fingerprint density at radius 3 is 2.45 bits per heavy atom. The van der Waals surface area contributed by atoms with Crippen LogP contribution in [0.4, 0.5) is 5.69 Å². The molecule has 10 heteroatoms. The summed E-state index contributed by atoms with van der Waals surface area (Å²) in [5.41, 5.74) is 4.77. The van der Waals surface area contributed by atoms with Gasteiger partial charge >= 0.3 is 23.6 Å². The van der Waals surface area contributed by atoms with Gasteiger partial charge in [0.15, 0.2) is 0 Å². The number of hydrazone groups is 1. The van der Waals surface area contributed by atoms with Crippen LogP contribution in [0.2, 0.25) is 0 Å². The van der Waals surface area contributed by atoms with E-state index >= 15 is 0 Å². The summed E-state index contributed by atoms with van der Waals surface area (Å²) in [5.74, 6) is -2.48. The fraction of sp³-hybridized carbons (Fsp3) is 0.348. The molecule has 4 N–H and O–H groups in total. The molecule has 4 amide bonds. The second-order valence-corrected chi connectivity index (χ2v) is 7.89. The average molecular weight is 453 g/mol. The van der Waals surface area contributed by atoms with Crippen LogP contribution < -0.4 is 21.4 Å². The monoisotopic (exact) mass is 453 g/mol. The highest BCUT2D eigenvalue weighted by atomic mass is 16.3. The zero-order chi connectivity index (χ0) is 23.8. The third kappa shape index (κ3) is 7.03. The summed E-state index contributed by atoms with van der Waals surface area (Å²) in [5, 5.41) is 11.4. The smallest absolute Gasteiger partial charge is 0.329 e. The number of rotatable bonds is 6. The Hall–Kier alpha value is -3.95. The Bertz CT molecular complexity index is 1070. The molecule has 0 radical (unpaired) electrons. The van der Waals surface area contributed by atoms with Crippen molar-refractivity contribution in [2.24, 2.45) is 5.10 Å². The van der Waals surface area contributed by atoms with E-state index in [0.29, 0.717) is 17.2 Å². The van der Waals surface area contributed by atoms with E-state index in [1.165, 1.54) is 6.21 Å². The number of carbonyl (C=O) groups is 4. The number of carbonyl (C=O) groups excluding carboxylic acids is 4. The van der Waals surface area contributed by atoms with Gasteiger partial charge in [0.1, 0.15) is 11.5 Å². The predicted octanol–water partition coefficient (Wildman–Crippen LogP) is 1.66. The van der Waals surface area contributed by atoms with Crippen molar-refractivity contribution in [2.75, 3.05) is 5.32 Å². The third-order valence-corrected chi connectivity index (χ3v) is 5.33. The maximum absolute atomic E-state index is 12.1. The first-order valence-corrected chi connectivity index (χ1v) is 10.7. The summed E-state index contributed by atoms with van der Waals surface area (Å²) >= 11 is 0. The van der Waals surface area contributed by atoms with Crippen molar-refractivity contribution in [3.8, 4) is 0 Å². The molecule has 0 saturated heterocycles. The zero-order valence-electron chi connectivity index (χ0n) is 18.6. The molecule has 1 saturated carbocycles. The Morgan fingerprint density at radius 2 is 1.73 bits per heavy atom. The maximum Gasteiger partial charge on any atom is 0.329 e. The van der Waals surface area contributed by atoms with Crippen LogP contribution in [-0.2, 0) is 25.7 Å². The largest absolute Gasteiger partial charge is 0.458 e. The maximum atomic E-state index is 12.1. The minimum atomic E-state index is -0.855. The number of benzene rings is 1. The molecule has 2 aromatic rings. The molecule has 1 aliphatic rings. The molecule has 0 atom stereocenters. The van der Waals surface area contributed by atoms with Crippen molar-refractivity contribution in [3.63, 3.8) is 0 Å². The molecule has 174 valence electrons. The number of nitrogens with one attached hydrogen (secondary N) is 4. The SMILES string of the molecule is Cc1ccc(NC(=O)C(=O)NCc2ccc(/C=N/NC(=O)C(=O)NC3CCCC3)o2)cc1C. The van der Waals surface area contributed by atoms with E-state index in [0.717, 1.165) is 36.8 Å².